The Hall–Kier alpha value is -1.62. The lowest BCUT2D eigenvalue weighted by molar-refractivity contribution is 0.0774. The molecule has 0 unspecified atom stereocenters. The molecular formula is C14H21FN2O2. The number of ether oxygens (including phenoxy) is 1. The molecular weight excluding hydrogens is 247 g/mol. The molecule has 106 valence electrons. The summed E-state index contributed by atoms with van der Waals surface area (Å²) in [6.07, 6.45) is 0.979. The van der Waals surface area contributed by atoms with Gasteiger partial charge in [-0.15, -0.1) is 0 Å². The van der Waals surface area contributed by atoms with Crippen molar-refractivity contribution in [3.63, 3.8) is 0 Å². The minimum atomic E-state index is -0.300. The fourth-order valence-electron chi connectivity index (χ4n) is 1.48. The lowest BCUT2D eigenvalue weighted by Crippen LogP contribution is -2.35. The van der Waals surface area contributed by atoms with Gasteiger partial charge in [0.1, 0.15) is 5.82 Å². The molecule has 1 aromatic carbocycles. The number of benzene rings is 1. The van der Waals surface area contributed by atoms with E-state index in [-0.39, 0.29) is 18.0 Å². The van der Waals surface area contributed by atoms with Crippen molar-refractivity contribution >= 4 is 6.03 Å². The highest BCUT2D eigenvalue weighted by Crippen LogP contribution is 2.02. The summed E-state index contributed by atoms with van der Waals surface area (Å²) in [6, 6.07) is 5.90. The van der Waals surface area contributed by atoms with Gasteiger partial charge in [0.05, 0.1) is 6.10 Å². The Morgan fingerprint density at radius 2 is 2.16 bits per heavy atom. The van der Waals surface area contributed by atoms with E-state index in [1.54, 1.807) is 12.1 Å². The van der Waals surface area contributed by atoms with E-state index >= 15 is 0 Å². The summed E-state index contributed by atoms with van der Waals surface area (Å²) in [6.45, 7) is 5.44. The van der Waals surface area contributed by atoms with Gasteiger partial charge >= 0.3 is 6.03 Å². The van der Waals surface area contributed by atoms with Crippen molar-refractivity contribution in [2.24, 2.45) is 0 Å². The van der Waals surface area contributed by atoms with Gasteiger partial charge in [0, 0.05) is 19.7 Å². The van der Waals surface area contributed by atoms with Crippen LogP contribution in [0.1, 0.15) is 25.8 Å². The van der Waals surface area contributed by atoms with Crippen molar-refractivity contribution in [1.29, 1.82) is 0 Å². The average molecular weight is 268 g/mol. The van der Waals surface area contributed by atoms with Crippen molar-refractivity contribution in [3.05, 3.63) is 35.6 Å². The molecule has 0 aliphatic rings. The molecule has 0 aliphatic carbocycles. The van der Waals surface area contributed by atoms with Gasteiger partial charge in [0.15, 0.2) is 0 Å². The lowest BCUT2D eigenvalue weighted by atomic mass is 10.2. The number of hydrogen-bond acceptors (Lipinski definition) is 2. The Morgan fingerprint density at radius 3 is 2.84 bits per heavy atom. The van der Waals surface area contributed by atoms with Gasteiger partial charge in [0.25, 0.3) is 0 Å². The highest BCUT2D eigenvalue weighted by atomic mass is 19.1. The van der Waals surface area contributed by atoms with E-state index in [1.807, 2.05) is 13.8 Å². The number of carbonyl (C=O) groups excluding carboxylic acids is 1. The van der Waals surface area contributed by atoms with Crippen LogP contribution in [0.3, 0.4) is 0 Å². The molecule has 0 saturated heterocycles. The van der Waals surface area contributed by atoms with Gasteiger partial charge < -0.3 is 15.4 Å². The van der Waals surface area contributed by atoms with E-state index in [2.05, 4.69) is 10.6 Å². The molecule has 0 aliphatic heterocycles. The van der Waals surface area contributed by atoms with Crippen molar-refractivity contribution in [2.45, 2.75) is 32.9 Å². The summed E-state index contributed by atoms with van der Waals surface area (Å²) in [4.78, 5) is 11.4. The molecule has 0 heterocycles. The molecule has 19 heavy (non-hydrogen) atoms. The molecule has 0 aromatic heterocycles. The average Bonchev–Trinajstić information content (AvgIpc) is 2.35. The molecule has 1 rings (SSSR count). The third-order valence-corrected chi connectivity index (χ3v) is 2.40. The van der Waals surface area contributed by atoms with E-state index < -0.39 is 0 Å². The van der Waals surface area contributed by atoms with Gasteiger partial charge in [-0.05, 0) is 38.0 Å². The van der Waals surface area contributed by atoms with Crippen LogP contribution in [0.4, 0.5) is 9.18 Å². The topological polar surface area (TPSA) is 50.4 Å². The summed E-state index contributed by atoms with van der Waals surface area (Å²) < 4.78 is 18.3. The highest BCUT2D eigenvalue weighted by Gasteiger charge is 2.01. The van der Waals surface area contributed by atoms with Crippen LogP contribution < -0.4 is 10.6 Å². The van der Waals surface area contributed by atoms with Crippen LogP contribution in [-0.2, 0) is 11.3 Å². The van der Waals surface area contributed by atoms with E-state index in [9.17, 15) is 9.18 Å². The number of rotatable bonds is 7. The first-order valence-corrected chi connectivity index (χ1v) is 6.45. The Bertz CT molecular complexity index is 397. The number of amides is 2. The standard InChI is InChI=1S/C14H21FN2O2/c1-11(2)19-8-4-7-16-14(18)17-10-12-5-3-6-13(15)9-12/h3,5-6,9,11H,4,7-8,10H2,1-2H3,(H2,16,17,18). The molecule has 0 atom stereocenters. The normalized spacial score (nSPS) is 10.5. The fraction of sp³-hybridized carbons (Fsp3) is 0.500. The summed E-state index contributed by atoms with van der Waals surface area (Å²) in [5.41, 5.74) is 0.735. The van der Waals surface area contributed by atoms with E-state index in [4.69, 9.17) is 4.74 Å². The Kier molecular flexibility index (Phi) is 6.89. The zero-order chi connectivity index (χ0) is 14.1. The zero-order valence-electron chi connectivity index (χ0n) is 11.4. The van der Waals surface area contributed by atoms with Gasteiger partial charge in [-0.3, -0.25) is 0 Å². The van der Waals surface area contributed by atoms with E-state index in [0.29, 0.717) is 19.7 Å². The molecule has 5 heteroatoms. The summed E-state index contributed by atoms with van der Waals surface area (Å²) >= 11 is 0. The fourth-order valence-corrected chi connectivity index (χ4v) is 1.48. The molecule has 1 aromatic rings. The minimum absolute atomic E-state index is 0.210. The second-order valence-electron chi connectivity index (χ2n) is 4.51. The first-order valence-electron chi connectivity index (χ1n) is 6.45. The first-order chi connectivity index (χ1) is 9.08. The van der Waals surface area contributed by atoms with Crippen LogP contribution in [0.25, 0.3) is 0 Å². The van der Waals surface area contributed by atoms with Crippen LogP contribution in [0.2, 0.25) is 0 Å². The number of carbonyl (C=O) groups is 1. The van der Waals surface area contributed by atoms with Crippen LogP contribution in [0.15, 0.2) is 24.3 Å². The Balaban J connectivity index is 2.11. The van der Waals surface area contributed by atoms with Crippen LogP contribution in [-0.4, -0.2) is 25.3 Å². The monoisotopic (exact) mass is 268 g/mol. The van der Waals surface area contributed by atoms with Gasteiger partial charge in [0.2, 0.25) is 0 Å². The second kappa shape index (κ2) is 8.48. The molecule has 0 radical (unpaired) electrons. The van der Waals surface area contributed by atoms with Gasteiger partial charge in [-0.25, -0.2) is 9.18 Å². The van der Waals surface area contributed by atoms with Gasteiger partial charge in [-0.1, -0.05) is 12.1 Å². The van der Waals surface area contributed by atoms with Crippen molar-refractivity contribution in [3.8, 4) is 0 Å². The maximum Gasteiger partial charge on any atom is 0.315 e. The van der Waals surface area contributed by atoms with Crippen LogP contribution in [0, 0.1) is 5.82 Å². The number of urea groups is 1. The minimum Gasteiger partial charge on any atom is -0.379 e. The SMILES string of the molecule is CC(C)OCCCNC(=O)NCc1cccc(F)c1. The summed E-state index contributed by atoms with van der Waals surface area (Å²) in [7, 11) is 0. The molecule has 2 amide bonds. The summed E-state index contributed by atoms with van der Waals surface area (Å²) in [5.74, 6) is -0.300. The predicted molar refractivity (Wildman–Crippen MR) is 72.3 cm³/mol. The maximum absolute atomic E-state index is 12.9. The largest absolute Gasteiger partial charge is 0.379 e. The molecule has 0 bridgehead atoms. The van der Waals surface area contributed by atoms with Crippen molar-refractivity contribution in [2.75, 3.05) is 13.2 Å². The second-order valence-corrected chi connectivity index (χ2v) is 4.51. The Morgan fingerprint density at radius 1 is 1.37 bits per heavy atom. The number of hydrogen-bond donors (Lipinski definition) is 2. The van der Waals surface area contributed by atoms with Crippen LogP contribution >= 0.6 is 0 Å². The smallest absolute Gasteiger partial charge is 0.315 e. The highest BCUT2D eigenvalue weighted by molar-refractivity contribution is 5.73. The quantitative estimate of drug-likeness (QED) is 0.746. The molecule has 0 fully saturated rings. The number of halogens is 1. The van der Waals surface area contributed by atoms with E-state index in [0.717, 1.165) is 12.0 Å². The third-order valence-electron chi connectivity index (χ3n) is 2.40. The predicted octanol–water partition coefficient (Wildman–Crippen LogP) is 2.44. The first kappa shape index (κ1) is 15.4. The molecule has 0 spiro atoms. The zero-order valence-corrected chi connectivity index (χ0v) is 11.4. The molecule has 4 nitrogen and oxygen atoms in total. The maximum atomic E-state index is 12.9. The molecule has 0 saturated carbocycles. The van der Waals surface area contributed by atoms with Crippen LogP contribution in [0.5, 0.6) is 0 Å². The van der Waals surface area contributed by atoms with E-state index in [1.165, 1.54) is 12.1 Å². The number of nitrogens with one attached hydrogen (secondary N) is 2. The van der Waals surface area contributed by atoms with Crippen molar-refractivity contribution in [1.82, 2.24) is 10.6 Å². The van der Waals surface area contributed by atoms with Gasteiger partial charge in [-0.2, -0.15) is 0 Å². The molecule has 2 N–H and O–H groups in total. The Labute approximate surface area is 113 Å². The lowest BCUT2D eigenvalue weighted by Gasteiger charge is -2.09. The third kappa shape index (κ3) is 7.41. The van der Waals surface area contributed by atoms with Crippen molar-refractivity contribution < 1.29 is 13.9 Å². The summed E-state index contributed by atoms with van der Waals surface area (Å²) in [5, 5.41) is 5.39.